The average Bonchev–Trinajstić information content (AvgIpc) is 3.06. The van der Waals surface area contributed by atoms with Crippen molar-refractivity contribution in [3.63, 3.8) is 0 Å². The Bertz CT molecular complexity index is 910. The molecule has 0 aromatic heterocycles. The van der Waals surface area contributed by atoms with E-state index in [4.69, 9.17) is 0 Å². The van der Waals surface area contributed by atoms with Crippen molar-refractivity contribution in [2.75, 3.05) is 0 Å². The van der Waals surface area contributed by atoms with Gasteiger partial charge < -0.3 is 10.2 Å². The van der Waals surface area contributed by atoms with Crippen LogP contribution in [0.25, 0.3) is 0 Å². The van der Waals surface area contributed by atoms with Crippen LogP contribution in [-0.4, -0.2) is 28.3 Å². The van der Waals surface area contributed by atoms with E-state index in [0.717, 1.165) is 44.1 Å². The van der Waals surface area contributed by atoms with Crippen LogP contribution in [0.15, 0.2) is 30.9 Å². The molecule has 0 bridgehead atoms. The lowest BCUT2D eigenvalue weighted by molar-refractivity contribution is -0.205. The molecule has 0 heterocycles. The number of ketones is 1. The van der Waals surface area contributed by atoms with E-state index < -0.39 is 12.3 Å². The van der Waals surface area contributed by atoms with Crippen molar-refractivity contribution < 1.29 is 28.2 Å². The molecule has 0 saturated heterocycles. The summed E-state index contributed by atoms with van der Waals surface area (Å²) in [5.41, 5.74) is 1.83. The zero-order valence-electron chi connectivity index (χ0n) is 19.3. The van der Waals surface area contributed by atoms with Crippen LogP contribution in [-0.2, 0) is 11.2 Å². The molecule has 3 aliphatic rings. The highest BCUT2D eigenvalue weighted by Crippen LogP contribution is 2.68. The number of allylic oxidation sites excluding steroid dienone is 1. The zero-order valence-corrected chi connectivity index (χ0v) is 19.3. The van der Waals surface area contributed by atoms with Gasteiger partial charge in [0.2, 0.25) is 0 Å². The zero-order chi connectivity index (χ0) is 24.0. The van der Waals surface area contributed by atoms with Gasteiger partial charge in [0.15, 0.2) is 0 Å². The largest absolute Gasteiger partial charge is 0.508 e. The summed E-state index contributed by atoms with van der Waals surface area (Å²) in [5, 5.41) is 19.3. The summed E-state index contributed by atoms with van der Waals surface area (Å²) in [6.45, 7) is 6.38. The Labute approximate surface area is 194 Å². The minimum atomic E-state index is -4.56. The maximum atomic E-state index is 13.0. The highest BCUT2D eigenvalue weighted by molar-refractivity contribution is 5.87. The van der Waals surface area contributed by atoms with Gasteiger partial charge in [-0.1, -0.05) is 38.3 Å². The van der Waals surface area contributed by atoms with Crippen LogP contribution in [0.1, 0.15) is 81.8 Å². The highest BCUT2D eigenvalue weighted by Gasteiger charge is 2.63. The van der Waals surface area contributed by atoms with Crippen LogP contribution in [0, 0.1) is 22.7 Å². The molecule has 1 aromatic carbocycles. The fraction of sp³-hybridized carbons (Fsp3) is 0.667. The van der Waals surface area contributed by atoms with Gasteiger partial charge in [0.25, 0.3) is 0 Å². The molecule has 6 heteroatoms. The summed E-state index contributed by atoms with van der Waals surface area (Å²) >= 11 is 0. The quantitative estimate of drug-likeness (QED) is 0.359. The first-order valence-electron chi connectivity index (χ1n) is 12.3. The smallest absolute Gasteiger partial charge is 0.414 e. The second-order valence-electron chi connectivity index (χ2n) is 10.8. The summed E-state index contributed by atoms with van der Waals surface area (Å²) in [5.74, 6) is 1.27. The number of Topliss-reactive ketones (excluding diaryl/α,β-unsaturated/α-hetero) is 1. The minimum absolute atomic E-state index is 0.180. The Balaban J connectivity index is 1.58. The lowest BCUT2D eigenvalue weighted by atomic mass is 9.44. The van der Waals surface area contributed by atoms with Crippen molar-refractivity contribution in [3.05, 3.63) is 42.0 Å². The first-order valence-corrected chi connectivity index (χ1v) is 12.3. The van der Waals surface area contributed by atoms with Crippen molar-refractivity contribution in [1.29, 1.82) is 0 Å². The molecule has 6 atom stereocenters. The van der Waals surface area contributed by atoms with Crippen LogP contribution in [0.2, 0.25) is 0 Å². The van der Waals surface area contributed by atoms with E-state index in [9.17, 15) is 28.2 Å². The second-order valence-corrected chi connectivity index (χ2v) is 10.8. The molecule has 182 valence electrons. The van der Waals surface area contributed by atoms with Gasteiger partial charge in [-0.15, -0.1) is 6.58 Å². The van der Waals surface area contributed by atoms with Gasteiger partial charge in [0.05, 0.1) is 0 Å². The standard InChI is InChI=1S/C27H35F3O3/c1-3-26-14-13-17-15-19(31)9-10-20(17)24(26)18(16-25(2)21(26)11-12-22(25)32)7-5-4-6-8-23(33)27(28,29)30/h3,9-10,15,18,21,23-24,31,33H,1,4-8,11-14,16H2,2H3/t18-,21+,23?,24+,25-,26-/m0/s1. The van der Waals surface area contributed by atoms with Crippen LogP contribution in [0.5, 0.6) is 5.75 Å². The molecule has 3 aliphatic carbocycles. The number of fused-ring (bicyclic) bond motifs is 5. The number of halogens is 3. The summed E-state index contributed by atoms with van der Waals surface area (Å²) in [6, 6.07) is 5.62. The van der Waals surface area contributed by atoms with Crippen molar-refractivity contribution >= 4 is 5.78 Å². The van der Waals surface area contributed by atoms with Crippen molar-refractivity contribution in [2.45, 2.75) is 89.3 Å². The Hall–Kier alpha value is -1.82. The molecule has 4 rings (SSSR count). The van der Waals surface area contributed by atoms with Gasteiger partial charge in [-0.25, -0.2) is 0 Å². The number of phenolic OH excluding ortho intramolecular Hbond substituents is 1. The minimum Gasteiger partial charge on any atom is -0.508 e. The first kappa shape index (κ1) is 24.3. The predicted octanol–water partition coefficient (Wildman–Crippen LogP) is 6.47. The molecule has 33 heavy (non-hydrogen) atoms. The number of carbonyl (C=O) groups excluding carboxylic acids is 1. The van der Waals surface area contributed by atoms with Crippen LogP contribution in [0.3, 0.4) is 0 Å². The summed E-state index contributed by atoms with van der Waals surface area (Å²) < 4.78 is 37.7. The van der Waals surface area contributed by atoms with Gasteiger partial charge in [0, 0.05) is 11.8 Å². The molecule has 2 N–H and O–H groups in total. The number of aliphatic hydroxyl groups excluding tert-OH is 1. The Morgan fingerprint density at radius 1 is 1.24 bits per heavy atom. The normalized spacial score (nSPS) is 34.3. The van der Waals surface area contributed by atoms with E-state index in [0.29, 0.717) is 25.0 Å². The number of phenols is 1. The number of unbranched alkanes of at least 4 members (excludes halogenated alkanes) is 2. The third-order valence-electron chi connectivity index (χ3n) is 9.05. The Morgan fingerprint density at radius 3 is 2.70 bits per heavy atom. The maximum Gasteiger partial charge on any atom is 0.414 e. The number of carbonyl (C=O) groups is 1. The van der Waals surface area contributed by atoms with Gasteiger partial charge in [0.1, 0.15) is 17.6 Å². The summed E-state index contributed by atoms with van der Waals surface area (Å²) in [7, 11) is 0. The molecule has 1 aromatic rings. The average molecular weight is 465 g/mol. The second kappa shape index (κ2) is 8.75. The first-order chi connectivity index (χ1) is 15.5. The number of hydrogen-bond acceptors (Lipinski definition) is 3. The van der Waals surface area contributed by atoms with Gasteiger partial charge in [-0.05, 0) is 85.0 Å². The molecular weight excluding hydrogens is 429 g/mol. The lowest BCUT2D eigenvalue weighted by Gasteiger charge is -2.59. The molecule has 0 aliphatic heterocycles. The number of rotatable bonds is 7. The molecule has 2 fully saturated rings. The monoisotopic (exact) mass is 464 g/mol. The van der Waals surface area contributed by atoms with Crippen LogP contribution >= 0.6 is 0 Å². The molecule has 2 saturated carbocycles. The molecule has 0 amide bonds. The number of alkyl halides is 3. The highest BCUT2D eigenvalue weighted by atomic mass is 19.4. The molecule has 0 radical (unpaired) electrons. The summed E-state index contributed by atoms with van der Waals surface area (Å²) in [4.78, 5) is 13.0. The van der Waals surface area contributed by atoms with Crippen molar-refractivity contribution in [2.24, 2.45) is 22.7 Å². The number of aromatic hydroxyl groups is 1. The SMILES string of the molecule is C=C[C@@]12CCc3cc(O)ccc3[C@H]1[C@@H](CCCCCC(O)C(F)(F)F)C[C@]1(C)C(=O)CC[C@@H]21. The fourth-order valence-corrected chi connectivity index (χ4v) is 7.57. The number of aryl methyl sites for hydroxylation is 1. The van der Waals surface area contributed by atoms with E-state index in [2.05, 4.69) is 19.6 Å². The van der Waals surface area contributed by atoms with Gasteiger partial charge in [-0.3, -0.25) is 4.79 Å². The predicted molar refractivity (Wildman–Crippen MR) is 121 cm³/mol. The van der Waals surface area contributed by atoms with E-state index in [-0.39, 0.29) is 40.8 Å². The van der Waals surface area contributed by atoms with Crippen LogP contribution in [0.4, 0.5) is 13.2 Å². The maximum absolute atomic E-state index is 13.0. The molecule has 1 unspecified atom stereocenters. The van der Waals surface area contributed by atoms with E-state index >= 15 is 0 Å². The van der Waals surface area contributed by atoms with E-state index in [1.807, 2.05) is 12.1 Å². The Morgan fingerprint density at radius 2 is 2.00 bits per heavy atom. The summed E-state index contributed by atoms with van der Waals surface area (Å²) in [6.07, 6.45) is 1.58. The lowest BCUT2D eigenvalue weighted by Crippen LogP contribution is -2.53. The number of hydrogen-bond donors (Lipinski definition) is 2. The Kier molecular flexibility index (Phi) is 6.45. The fourth-order valence-electron chi connectivity index (χ4n) is 7.57. The van der Waals surface area contributed by atoms with Crippen LogP contribution < -0.4 is 0 Å². The molecule has 0 spiro atoms. The van der Waals surface area contributed by atoms with Crippen molar-refractivity contribution in [3.8, 4) is 5.75 Å². The van der Waals surface area contributed by atoms with E-state index in [1.165, 1.54) is 5.56 Å². The topological polar surface area (TPSA) is 57.5 Å². The number of benzene rings is 1. The van der Waals surface area contributed by atoms with Crippen molar-refractivity contribution in [1.82, 2.24) is 0 Å². The van der Waals surface area contributed by atoms with E-state index in [1.54, 1.807) is 6.07 Å². The molecular formula is C27H35F3O3. The van der Waals surface area contributed by atoms with Gasteiger partial charge >= 0.3 is 6.18 Å². The van der Waals surface area contributed by atoms with Gasteiger partial charge in [-0.2, -0.15) is 13.2 Å². The number of aliphatic hydroxyl groups is 1. The molecule has 3 nitrogen and oxygen atoms in total. The third-order valence-corrected chi connectivity index (χ3v) is 9.05. The third kappa shape index (κ3) is 4.13.